The summed E-state index contributed by atoms with van der Waals surface area (Å²) >= 11 is 0. The zero-order valence-corrected chi connectivity index (χ0v) is 8.65. The van der Waals surface area contributed by atoms with Crippen LogP contribution in [0.4, 0.5) is 0 Å². The lowest BCUT2D eigenvalue weighted by Crippen LogP contribution is -2.30. The summed E-state index contributed by atoms with van der Waals surface area (Å²) in [4.78, 5) is 11.7. The van der Waals surface area contributed by atoms with E-state index < -0.39 is 0 Å². The number of carbonyl (C=O) groups is 1. The van der Waals surface area contributed by atoms with E-state index in [0.29, 0.717) is 18.3 Å². The molecule has 4 heteroatoms. The Kier molecular flexibility index (Phi) is 3.06. The van der Waals surface area contributed by atoms with Crippen molar-refractivity contribution in [1.82, 2.24) is 9.88 Å². The van der Waals surface area contributed by atoms with E-state index >= 15 is 0 Å². The molecule has 1 heterocycles. The summed E-state index contributed by atoms with van der Waals surface area (Å²) in [5, 5.41) is 11.3. The van der Waals surface area contributed by atoms with Crippen molar-refractivity contribution in [2.45, 2.75) is 25.3 Å². The van der Waals surface area contributed by atoms with E-state index in [1.807, 2.05) is 22.9 Å². The second-order valence-corrected chi connectivity index (χ2v) is 3.86. The van der Waals surface area contributed by atoms with Crippen LogP contribution in [0.2, 0.25) is 0 Å². The maximum atomic E-state index is 11.7. The molecule has 0 aromatic carbocycles. The van der Waals surface area contributed by atoms with Gasteiger partial charge in [0.05, 0.1) is 6.61 Å². The zero-order chi connectivity index (χ0) is 10.7. The van der Waals surface area contributed by atoms with Crippen molar-refractivity contribution in [1.29, 1.82) is 0 Å². The van der Waals surface area contributed by atoms with Crippen molar-refractivity contribution < 1.29 is 9.90 Å². The molecule has 1 aliphatic rings. The Labute approximate surface area is 88.9 Å². The lowest BCUT2D eigenvalue weighted by atomic mass is 9.93. The first kappa shape index (κ1) is 10.2. The average molecular weight is 208 g/mol. The fourth-order valence-electron chi connectivity index (χ4n) is 1.83. The van der Waals surface area contributed by atoms with Crippen LogP contribution >= 0.6 is 0 Å². The van der Waals surface area contributed by atoms with Crippen molar-refractivity contribution in [3.8, 4) is 0 Å². The Morgan fingerprint density at radius 1 is 1.60 bits per heavy atom. The van der Waals surface area contributed by atoms with Crippen molar-refractivity contribution in [3.63, 3.8) is 0 Å². The van der Waals surface area contributed by atoms with Crippen LogP contribution in [0.5, 0.6) is 0 Å². The maximum Gasteiger partial charge on any atom is 0.267 e. The van der Waals surface area contributed by atoms with Crippen LogP contribution in [-0.4, -0.2) is 28.7 Å². The van der Waals surface area contributed by atoms with Crippen molar-refractivity contribution in [2.24, 2.45) is 0 Å². The van der Waals surface area contributed by atoms with Crippen LogP contribution in [0.15, 0.2) is 18.3 Å². The fourth-order valence-corrected chi connectivity index (χ4v) is 1.83. The predicted octanol–water partition coefficient (Wildman–Crippen LogP) is 0.935. The third-order valence-corrected chi connectivity index (χ3v) is 2.88. The summed E-state index contributed by atoms with van der Waals surface area (Å²) in [5.74, 6) is -0.0963. The topological polar surface area (TPSA) is 54.3 Å². The number of hydrogen-bond donors (Lipinski definition) is 2. The van der Waals surface area contributed by atoms with Gasteiger partial charge >= 0.3 is 0 Å². The molecule has 82 valence electrons. The van der Waals surface area contributed by atoms with Crippen molar-refractivity contribution in [3.05, 3.63) is 24.0 Å². The lowest BCUT2D eigenvalue weighted by molar-refractivity contribution is 0.0929. The van der Waals surface area contributed by atoms with Gasteiger partial charge in [-0.05, 0) is 31.4 Å². The van der Waals surface area contributed by atoms with Crippen LogP contribution in [0.3, 0.4) is 0 Å². The molecule has 0 saturated heterocycles. The van der Waals surface area contributed by atoms with E-state index in [0.717, 1.165) is 12.8 Å². The van der Waals surface area contributed by atoms with Gasteiger partial charge in [-0.2, -0.15) is 0 Å². The van der Waals surface area contributed by atoms with Crippen molar-refractivity contribution in [2.75, 3.05) is 13.2 Å². The Balaban J connectivity index is 2.06. The SMILES string of the molecule is O=C(NCCO)c1cccn1C1CCC1. The van der Waals surface area contributed by atoms with E-state index in [9.17, 15) is 4.79 Å². The Hall–Kier alpha value is -1.29. The van der Waals surface area contributed by atoms with Gasteiger partial charge in [0.25, 0.3) is 5.91 Å². The number of aliphatic hydroxyl groups is 1. The molecule has 1 saturated carbocycles. The highest BCUT2D eigenvalue weighted by molar-refractivity contribution is 5.92. The second-order valence-electron chi connectivity index (χ2n) is 3.86. The Morgan fingerprint density at radius 2 is 2.40 bits per heavy atom. The summed E-state index contributed by atoms with van der Waals surface area (Å²) in [6.07, 6.45) is 5.53. The molecule has 2 rings (SSSR count). The first-order valence-corrected chi connectivity index (χ1v) is 5.39. The highest BCUT2D eigenvalue weighted by atomic mass is 16.3. The third-order valence-electron chi connectivity index (χ3n) is 2.88. The molecule has 4 nitrogen and oxygen atoms in total. The zero-order valence-electron chi connectivity index (χ0n) is 8.65. The monoisotopic (exact) mass is 208 g/mol. The number of aliphatic hydroxyl groups excluding tert-OH is 1. The molecule has 1 aromatic heterocycles. The first-order valence-electron chi connectivity index (χ1n) is 5.39. The normalized spacial score (nSPS) is 16.1. The quantitative estimate of drug-likeness (QED) is 0.773. The summed E-state index contributed by atoms with van der Waals surface area (Å²) in [6, 6.07) is 4.21. The van der Waals surface area contributed by atoms with Crippen LogP contribution < -0.4 is 5.32 Å². The molecule has 2 N–H and O–H groups in total. The summed E-state index contributed by atoms with van der Waals surface area (Å²) in [5.41, 5.74) is 0.702. The third kappa shape index (κ3) is 2.04. The minimum Gasteiger partial charge on any atom is -0.395 e. The van der Waals surface area contributed by atoms with Crippen LogP contribution in [0.1, 0.15) is 35.8 Å². The largest absolute Gasteiger partial charge is 0.395 e. The number of hydrogen-bond acceptors (Lipinski definition) is 2. The van der Waals surface area contributed by atoms with Gasteiger partial charge in [0.2, 0.25) is 0 Å². The smallest absolute Gasteiger partial charge is 0.267 e. The molecule has 0 bridgehead atoms. The minimum atomic E-state index is -0.0963. The molecule has 0 atom stereocenters. The molecule has 1 aliphatic carbocycles. The van der Waals surface area contributed by atoms with Gasteiger partial charge in [0.1, 0.15) is 5.69 Å². The summed E-state index contributed by atoms with van der Waals surface area (Å²) < 4.78 is 2.04. The molecule has 0 aliphatic heterocycles. The fraction of sp³-hybridized carbons (Fsp3) is 0.545. The molecule has 0 radical (unpaired) electrons. The van der Waals surface area contributed by atoms with Crippen LogP contribution in [0, 0.1) is 0 Å². The van der Waals surface area contributed by atoms with Crippen molar-refractivity contribution >= 4 is 5.91 Å². The minimum absolute atomic E-state index is 0.0180. The Morgan fingerprint density at radius 3 is 3.00 bits per heavy atom. The Bertz CT molecular complexity index is 342. The van der Waals surface area contributed by atoms with Gasteiger partial charge in [-0.3, -0.25) is 4.79 Å². The molecule has 1 fully saturated rings. The van der Waals surface area contributed by atoms with E-state index in [4.69, 9.17) is 5.11 Å². The maximum absolute atomic E-state index is 11.7. The van der Waals surface area contributed by atoms with E-state index in [-0.39, 0.29) is 12.5 Å². The predicted molar refractivity (Wildman–Crippen MR) is 56.7 cm³/mol. The van der Waals surface area contributed by atoms with Gasteiger partial charge in [-0.25, -0.2) is 0 Å². The van der Waals surface area contributed by atoms with Gasteiger partial charge in [0, 0.05) is 18.8 Å². The van der Waals surface area contributed by atoms with Gasteiger partial charge in [-0.1, -0.05) is 0 Å². The van der Waals surface area contributed by atoms with Crippen LogP contribution in [-0.2, 0) is 0 Å². The van der Waals surface area contributed by atoms with Gasteiger partial charge in [-0.15, -0.1) is 0 Å². The summed E-state index contributed by atoms with van der Waals surface area (Å²) in [6.45, 7) is 0.296. The number of rotatable bonds is 4. The van der Waals surface area contributed by atoms with E-state index in [1.165, 1.54) is 6.42 Å². The lowest BCUT2D eigenvalue weighted by Gasteiger charge is -2.28. The molecule has 15 heavy (non-hydrogen) atoms. The summed E-state index contributed by atoms with van der Waals surface area (Å²) in [7, 11) is 0. The van der Waals surface area contributed by atoms with Gasteiger partial charge < -0.3 is 15.0 Å². The number of nitrogens with zero attached hydrogens (tertiary/aromatic N) is 1. The molecule has 1 amide bonds. The molecule has 0 unspecified atom stereocenters. The van der Waals surface area contributed by atoms with Gasteiger partial charge in [0.15, 0.2) is 0 Å². The highest BCUT2D eigenvalue weighted by Crippen LogP contribution is 2.32. The average Bonchev–Trinajstić information content (AvgIpc) is 2.60. The molecule has 1 aromatic rings. The van der Waals surface area contributed by atoms with Crippen LogP contribution in [0.25, 0.3) is 0 Å². The number of nitrogens with one attached hydrogen (secondary N) is 1. The second kappa shape index (κ2) is 4.49. The highest BCUT2D eigenvalue weighted by Gasteiger charge is 2.22. The number of carbonyl (C=O) groups excluding carboxylic acids is 1. The molecular formula is C11H16N2O2. The van der Waals surface area contributed by atoms with E-state index in [1.54, 1.807) is 0 Å². The molecular weight excluding hydrogens is 192 g/mol. The number of aromatic nitrogens is 1. The van der Waals surface area contributed by atoms with E-state index in [2.05, 4.69) is 5.32 Å². The standard InChI is InChI=1S/C11H16N2O2/c14-8-6-12-11(15)10-5-2-7-13(10)9-3-1-4-9/h2,5,7,9,14H,1,3-4,6,8H2,(H,12,15). The number of amides is 1. The first-order chi connectivity index (χ1) is 7.33. The molecule has 0 spiro atoms.